The Hall–Kier alpha value is -0.340. The molecule has 1 atom stereocenters. The molecule has 0 radical (unpaired) electrons. The smallest absolute Gasteiger partial charge is 0.133 e. The topological polar surface area (TPSA) is 47.3 Å². The molecular formula is C15H15BrClIN2O. The highest BCUT2D eigenvalue weighted by atomic mass is 127. The van der Waals surface area contributed by atoms with Crippen molar-refractivity contribution in [1.82, 2.24) is 5.43 Å². The number of halogens is 3. The maximum Gasteiger partial charge on any atom is 0.133 e. The van der Waals surface area contributed by atoms with Crippen molar-refractivity contribution < 1.29 is 4.74 Å². The molecule has 0 aliphatic carbocycles. The number of hydrogen-bond acceptors (Lipinski definition) is 3. The molecule has 3 nitrogen and oxygen atoms in total. The summed E-state index contributed by atoms with van der Waals surface area (Å²) in [4.78, 5) is 0. The van der Waals surface area contributed by atoms with E-state index in [2.05, 4.69) is 43.9 Å². The van der Waals surface area contributed by atoms with Gasteiger partial charge in [-0.05, 0) is 86.4 Å². The monoisotopic (exact) mass is 480 g/mol. The average Bonchev–Trinajstić information content (AvgIpc) is 2.47. The number of methoxy groups -OCH3 is 1. The van der Waals surface area contributed by atoms with Gasteiger partial charge in [0.15, 0.2) is 0 Å². The molecular weight excluding hydrogens is 466 g/mol. The number of hydrazine groups is 1. The first-order valence-corrected chi connectivity index (χ1v) is 8.53. The molecule has 21 heavy (non-hydrogen) atoms. The number of ether oxygens (including phenoxy) is 1. The Labute approximate surface area is 151 Å². The number of rotatable bonds is 5. The third-order valence-electron chi connectivity index (χ3n) is 3.19. The second kappa shape index (κ2) is 7.78. The molecule has 1 unspecified atom stereocenters. The van der Waals surface area contributed by atoms with Crippen molar-refractivity contribution >= 4 is 50.1 Å². The Kier molecular flexibility index (Phi) is 6.31. The number of benzene rings is 2. The Morgan fingerprint density at radius 3 is 2.71 bits per heavy atom. The molecule has 0 amide bonds. The zero-order valence-corrected chi connectivity index (χ0v) is 15.9. The molecule has 0 aliphatic heterocycles. The predicted octanol–water partition coefficient (Wildman–Crippen LogP) is 4.46. The van der Waals surface area contributed by atoms with Gasteiger partial charge in [-0.1, -0.05) is 17.7 Å². The molecule has 0 heterocycles. The van der Waals surface area contributed by atoms with Crippen LogP contribution >= 0.6 is 50.1 Å². The number of nitrogens with one attached hydrogen (secondary N) is 1. The van der Waals surface area contributed by atoms with Gasteiger partial charge < -0.3 is 4.74 Å². The zero-order chi connectivity index (χ0) is 15.4. The highest BCUT2D eigenvalue weighted by Crippen LogP contribution is 2.29. The summed E-state index contributed by atoms with van der Waals surface area (Å²) >= 11 is 11.9. The minimum Gasteiger partial charge on any atom is -0.496 e. The first kappa shape index (κ1) is 17.0. The molecule has 6 heteroatoms. The van der Waals surface area contributed by atoms with Crippen LogP contribution in [-0.2, 0) is 6.42 Å². The van der Waals surface area contributed by atoms with Crippen molar-refractivity contribution in [3.63, 3.8) is 0 Å². The van der Waals surface area contributed by atoms with Crippen LogP contribution in [0.5, 0.6) is 5.75 Å². The van der Waals surface area contributed by atoms with Crippen LogP contribution in [0.4, 0.5) is 0 Å². The van der Waals surface area contributed by atoms with E-state index in [1.54, 1.807) is 7.11 Å². The fourth-order valence-corrected chi connectivity index (χ4v) is 3.59. The molecule has 0 bridgehead atoms. The first-order valence-electron chi connectivity index (χ1n) is 6.28. The Bertz CT molecular complexity index is 639. The molecule has 2 aromatic rings. The van der Waals surface area contributed by atoms with Crippen LogP contribution in [0.15, 0.2) is 40.9 Å². The lowest BCUT2D eigenvalue weighted by atomic mass is 9.99. The van der Waals surface area contributed by atoms with E-state index >= 15 is 0 Å². The Morgan fingerprint density at radius 2 is 2.10 bits per heavy atom. The van der Waals surface area contributed by atoms with Crippen LogP contribution in [0.25, 0.3) is 0 Å². The van der Waals surface area contributed by atoms with E-state index in [-0.39, 0.29) is 6.04 Å². The van der Waals surface area contributed by atoms with Gasteiger partial charge in [-0.3, -0.25) is 11.3 Å². The molecule has 112 valence electrons. The molecule has 0 fully saturated rings. The Balaban J connectivity index is 2.26. The molecule has 3 N–H and O–H groups in total. The van der Waals surface area contributed by atoms with Gasteiger partial charge in [0.25, 0.3) is 0 Å². The minimum absolute atomic E-state index is 0.00380. The molecule has 0 saturated carbocycles. The van der Waals surface area contributed by atoms with Crippen molar-refractivity contribution in [2.45, 2.75) is 12.5 Å². The largest absolute Gasteiger partial charge is 0.496 e. The molecule has 0 saturated heterocycles. The van der Waals surface area contributed by atoms with Gasteiger partial charge in [0.2, 0.25) is 0 Å². The summed E-state index contributed by atoms with van der Waals surface area (Å²) in [5.41, 5.74) is 5.12. The lowest BCUT2D eigenvalue weighted by molar-refractivity contribution is 0.412. The highest BCUT2D eigenvalue weighted by Gasteiger charge is 2.15. The second-order valence-corrected chi connectivity index (χ2v) is 7.01. The summed E-state index contributed by atoms with van der Waals surface area (Å²) in [6.45, 7) is 0. The van der Waals surface area contributed by atoms with Crippen LogP contribution in [0.3, 0.4) is 0 Å². The number of hydrogen-bond donors (Lipinski definition) is 2. The van der Waals surface area contributed by atoms with Crippen LogP contribution < -0.4 is 16.0 Å². The van der Waals surface area contributed by atoms with E-state index in [9.17, 15) is 0 Å². The lowest BCUT2D eigenvalue weighted by Crippen LogP contribution is -2.30. The molecule has 2 rings (SSSR count). The SMILES string of the molecule is COc1ccc(CC(NN)c2cc(Cl)ccc2I)cc1Br. The molecule has 2 aromatic carbocycles. The summed E-state index contributed by atoms with van der Waals surface area (Å²) in [5, 5.41) is 0.710. The summed E-state index contributed by atoms with van der Waals surface area (Å²) in [6, 6.07) is 11.8. The van der Waals surface area contributed by atoms with Crippen molar-refractivity contribution in [1.29, 1.82) is 0 Å². The summed E-state index contributed by atoms with van der Waals surface area (Å²) in [7, 11) is 1.65. The molecule has 0 aromatic heterocycles. The van der Waals surface area contributed by atoms with Crippen molar-refractivity contribution in [2.75, 3.05) is 7.11 Å². The third-order valence-corrected chi connectivity index (χ3v) is 5.03. The van der Waals surface area contributed by atoms with Gasteiger partial charge >= 0.3 is 0 Å². The Morgan fingerprint density at radius 1 is 1.33 bits per heavy atom. The summed E-state index contributed by atoms with van der Waals surface area (Å²) < 4.78 is 7.31. The van der Waals surface area contributed by atoms with E-state index < -0.39 is 0 Å². The van der Waals surface area contributed by atoms with Gasteiger partial charge in [0.05, 0.1) is 17.6 Å². The molecule has 0 spiro atoms. The number of nitrogens with two attached hydrogens (primary N) is 1. The maximum atomic E-state index is 6.09. The summed E-state index contributed by atoms with van der Waals surface area (Å²) in [5.74, 6) is 6.55. The second-order valence-electron chi connectivity index (χ2n) is 4.56. The van der Waals surface area contributed by atoms with Crippen LogP contribution in [0, 0.1) is 3.57 Å². The minimum atomic E-state index is -0.00380. The van der Waals surface area contributed by atoms with Crippen LogP contribution in [0.1, 0.15) is 17.2 Å². The van der Waals surface area contributed by atoms with E-state index in [0.29, 0.717) is 5.02 Å². The van der Waals surface area contributed by atoms with Crippen LogP contribution in [0.2, 0.25) is 5.02 Å². The third kappa shape index (κ3) is 4.32. The van der Waals surface area contributed by atoms with Crippen molar-refractivity contribution in [3.8, 4) is 5.75 Å². The predicted molar refractivity (Wildman–Crippen MR) is 98.6 cm³/mol. The van der Waals surface area contributed by atoms with Crippen LogP contribution in [-0.4, -0.2) is 7.11 Å². The van der Waals surface area contributed by atoms with Gasteiger partial charge in [0, 0.05) is 8.59 Å². The van der Waals surface area contributed by atoms with Gasteiger partial charge in [0.1, 0.15) is 5.75 Å². The first-order chi connectivity index (χ1) is 10.0. The van der Waals surface area contributed by atoms with Gasteiger partial charge in [-0.25, -0.2) is 0 Å². The van der Waals surface area contributed by atoms with E-state index in [1.165, 1.54) is 0 Å². The zero-order valence-electron chi connectivity index (χ0n) is 11.4. The standard InChI is InChI=1S/C15H15BrClIN2O/c1-21-15-5-2-9(6-12(15)16)7-14(20-19)11-8-10(17)3-4-13(11)18/h2-6,8,14,20H,7,19H2,1H3. The van der Waals surface area contributed by atoms with E-state index in [0.717, 1.165) is 31.3 Å². The van der Waals surface area contributed by atoms with Crippen molar-refractivity contribution in [3.05, 3.63) is 60.6 Å². The van der Waals surface area contributed by atoms with E-state index in [1.807, 2.05) is 36.4 Å². The van der Waals surface area contributed by atoms with Gasteiger partial charge in [-0.15, -0.1) is 0 Å². The fraction of sp³-hybridized carbons (Fsp3) is 0.200. The highest BCUT2D eigenvalue weighted by molar-refractivity contribution is 14.1. The maximum absolute atomic E-state index is 6.09. The van der Waals surface area contributed by atoms with Crippen molar-refractivity contribution in [2.24, 2.45) is 5.84 Å². The summed E-state index contributed by atoms with van der Waals surface area (Å²) in [6.07, 6.45) is 0.759. The van der Waals surface area contributed by atoms with Gasteiger partial charge in [-0.2, -0.15) is 0 Å². The lowest BCUT2D eigenvalue weighted by Gasteiger charge is -2.19. The molecule has 0 aliphatic rings. The fourth-order valence-electron chi connectivity index (χ4n) is 2.11. The van der Waals surface area contributed by atoms with E-state index in [4.69, 9.17) is 22.2 Å². The average molecular weight is 482 g/mol. The quantitative estimate of drug-likeness (QED) is 0.377. The normalized spacial score (nSPS) is 12.2.